The minimum atomic E-state index is 0.667. The molecule has 14 heavy (non-hydrogen) atoms. The van der Waals surface area contributed by atoms with E-state index in [2.05, 4.69) is 20.5 Å². The molecule has 0 aromatic carbocycles. The fourth-order valence-corrected chi connectivity index (χ4v) is 2.16. The van der Waals surface area contributed by atoms with Gasteiger partial charge in [0.1, 0.15) is 5.03 Å². The van der Waals surface area contributed by atoms with Crippen molar-refractivity contribution in [1.29, 1.82) is 0 Å². The van der Waals surface area contributed by atoms with E-state index in [4.69, 9.17) is 11.6 Å². The highest BCUT2D eigenvalue weighted by Crippen LogP contribution is 2.17. The quantitative estimate of drug-likeness (QED) is 0.449. The molecule has 2 rings (SSSR count). The van der Waals surface area contributed by atoms with E-state index >= 15 is 0 Å². The number of hydrogen-bond acceptors (Lipinski definition) is 5. The van der Waals surface area contributed by atoms with E-state index in [0.717, 1.165) is 17.2 Å². The molecule has 0 saturated carbocycles. The second kappa shape index (κ2) is 4.56. The highest BCUT2D eigenvalue weighted by molar-refractivity contribution is 7.99. The Morgan fingerprint density at radius 1 is 1.43 bits per heavy atom. The number of hydrogen-bond donors (Lipinski definition) is 0. The van der Waals surface area contributed by atoms with Gasteiger partial charge in [-0.15, -0.1) is 28.5 Å². The minimum absolute atomic E-state index is 0.667. The predicted molar refractivity (Wildman–Crippen MR) is 54.6 cm³/mol. The maximum absolute atomic E-state index is 5.59. The van der Waals surface area contributed by atoms with E-state index in [1.165, 1.54) is 0 Å². The fraction of sp³-hybridized carbons (Fsp3) is 0.429. The summed E-state index contributed by atoms with van der Waals surface area (Å²) in [6.45, 7) is 0. The van der Waals surface area contributed by atoms with Crippen LogP contribution in [0.15, 0.2) is 17.4 Å². The van der Waals surface area contributed by atoms with Crippen LogP contribution < -0.4 is 0 Å². The Kier molecular flexibility index (Phi) is 3.15. The molecular weight excluding hydrogens is 222 g/mol. The lowest BCUT2D eigenvalue weighted by atomic mass is 10.6. The molecule has 2 heterocycles. The van der Waals surface area contributed by atoms with Crippen molar-refractivity contribution in [3.8, 4) is 0 Å². The van der Waals surface area contributed by atoms with Crippen molar-refractivity contribution in [2.75, 3.05) is 11.6 Å². The molecule has 0 atom stereocenters. The molecule has 7 heteroatoms. The second-order valence-electron chi connectivity index (χ2n) is 2.59. The van der Waals surface area contributed by atoms with Crippen LogP contribution in [0.4, 0.5) is 0 Å². The molecule has 0 aliphatic heterocycles. The van der Waals surface area contributed by atoms with Crippen molar-refractivity contribution in [3.63, 3.8) is 0 Å². The van der Waals surface area contributed by atoms with Crippen molar-refractivity contribution in [1.82, 2.24) is 25.0 Å². The van der Waals surface area contributed by atoms with Crippen molar-refractivity contribution >= 4 is 29.0 Å². The first-order valence-corrected chi connectivity index (χ1v) is 5.64. The fourth-order valence-electron chi connectivity index (χ4n) is 0.984. The largest absolute Gasteiger partial charge is 0.258 e. The molecule has 74 valence electrons. The van der Waals surface area contributed by atoms with Gasteiger partial charge in [0, 0.05) is 11.6 Å². The van der Waals surface area contributed by atoms with E-state index in [9.17, 15) is 0 Å². The predicted octanol–water partition coefficient (Wildman–Crippen LogP) is 1.24. The van der Waals surface area contributed by atoms with E-state index in [1.807, 2.05) is 0 Å². The lowest BCUT2D eigenvalue weighted by Gasteiger charge is -2.00. The van der Waals surface area contributed by atoms with Crippen LogP contribution in [0.2, 0.25) is 0 Å². The second-order valence-corrected chi connectivity index (χ2v) is 4.08. The first-order chi connectivity index (χ1) is 6.92. The van der Waals surface area contributed by atoms with Gasteiger partial charge < -0.3 is 0 Å². The van der Waals surface area contributed by atoms with Crippen LogP contribution in [0.1, 0.15) is 6.42 Å². The maximum atomic E-state index is 5.59. The number of nitrogens with zero attached hydrogens (tertiary/aromatic N) is 5. The molecule has 0 aliphatic rings. The average molecular weight is 230 g/mol. The van der Waals surface area contributed by atoms with Gasteiger partial charge in [-0.25, -0.2) is 0 Å². The van der Waals surface area contributed by atoms with Gasteiger partial charge in [0.15, 0.2) is 5.65 Å². The summed E-state index contributed by atoms with van der Waals surface area (Å²) in [5, 5.41) is 12.2. The van der Waals surface area contributed by atoms with E-state index in [1.54, 1.807) is 28.7 Å². The number of halogens is 1. The van der Waals surface area contributed by atoms with Gasteiger partial charge in [-0.1, -0.05) is 0 Å². The lowest BCUT2D eigenvalue weighted by Crippen LogP contribution is -1.94. The van der Waals surface area contributed by atoms with Gasteiger partial charge in [0.05, 0.1) is 12.4 Å². The van der Waals surface area contributed by atoms with Crippen molar-refractivity contribution in [3.05, 3.63) is 12.4 Å². The minimum Gasteiger partial charge on any atom is -0.258 e. The molecule has 0 bridgehead atoms. The summed E-state index contributed by atoms with van der Waals surface area (Å²) < 4.78 is 1.67. The summed E-state index contributed by atoms with van der Waals surface area (Å²) in [7, 11) is 0. The number of rotatable bonds is 4. The number of thioether (sulfide) groups is 1. The number of fused-ring (bicyclic) bond motifs is 1. The Morgan fingerprint density at radius 3 is 3.21 bits per heavy atom. The van der Waals surface area contributed by atoms with Crippen LogP contribution in [0.25, 0.3) is 5.65 Å². The third-order valence-corrected chi connectivity index (χ3v) is 2.94. The molecule has 0 aliphatic carbocycles. The summed E-state index contributed by atoms with van der Waals surface area (Å²) in [5.41, 5.74) is 0.667. The van der Waals surface area contributed by atoms with Crippen molar-refractivity contribution in [2.24, 2.45) is 0 Å². The lowest BCUT2D eigenvalue weighted by molar-refractivity contribution is 0.765. The Morgan fingerprint density at radius 2 is 2.36 bits per heavy atom. The zero-order valence-corrected chi connectivity index (χ0v) is 8.87. The van der Waals surface area contributed by atoms with Gasteiger partial charge in [0.2, 0.25) is 0 Å². The molecule has 0 unspecified atom stereocenters. The van der Waals surface area contributed by atoms with Crippen LogP contribution in [-0.4, -0.2) is 36.7 Å². The molecule has 0 amide bonds. The van der Waals surface area contributed by atoms with Crippen molar-refractivity contribution in [2.45, 2.75) is 11.4 Å². The van der Waals surface area contributed by atoms with Gasteiger partial charge in [-0.2, -0.15) is 4.52 Å². The SMILES string of the molecule is ClCCCSc1cncc2nnnn12. The number of aromatic nitrogens is 5. The Bertz CT molecular complexity index is 417. The van der Waals surface area contributed by atoms with E-state index in [0.29, 0.717) is 11.5 Å². The topological polar surface area (TPSA) is 56.0 Å². The van der Waals surface area contributed by atoms with E-state index in [-0.39, 0.29) is 0 Å². The summed E-state index contributed by atoms with van der Waals surface area (Å²) in [6.07, 6.45) is 4.35. The van der Waals surface area contributed by atoms with Gasteiger partial charge >= 0.3 is 0 Å². The molecule has 2 aromatic rings. The normalized spacial score (nSPS) is 10.9. The van der Waals surface area contributed by atoms with Crippen LogP contribution in [0.5, 0.6) is 0 Å². The highest BCUT2D eigenvalue weighted by Gasteiger charge is 2.03. The molecular formula is C7H8ClN5S. The summed E-state index contributed by atoms with van der Waals surface area (Å²) in [5.74, 6) is 1.62. The monoisotopic (exact) mass is 229 g/mol. The van der Waals surface area contributed by atoms with Crippen LogP contribution >= 0.6 is 23.4 Å². The molecule has 5 nitrogen and oxygen atoms in total. The standard InChI is InChI=1S/C7H8ClN5S/c8-2-1-3-14-7-5-9-4-6-10-11-12-13(6)7/h4-5H,1-3H2. The first-order valence-electron chi connectivity index (χ1n) is 4.12. The first kappa shape index (κ1) is 9.67. The summed E-state index contributed by atoms with van der Waals surface area (Å²) >= 11 is 7.24. The Balaban J connectivity index is 2.19. The third-order valence-electron chi connectivity index (χ3n) is 1.61. The average Bonchev–Trinajstić information content (AvgIpc) is 2.67. The van der Waals surface area contributed by atoms with Gasteiger partial charge in [-0.3, -0.25) is 4.98 Å². The van der Waals surface area contributed by atoms with Crippen LogP contribution in [-0.2, 0) is 0 Å². The Labute approximate surface area is 89.9 Å². The zero-order valence-electron chi connectivity index (χ0n) is 7.30. The molecule has 0 spiro atoms. The molecule has 0 N–H and O–H groups in total. The highest BCUT2D eigenvalue weighted by atomic mass is 35.5. The summed E-state index contributed by atoms with van der Waals surface area (Å²) in [6, 6.07) is 0. The zero-order chi connectivity index (χ0) is 9.80. The number of tetrazole rings is 1. The Hall–Kier alpha value is -0.880. The molecule has 0 saturated heterocycles. The van der Waals surface area contributed by atoms with Crippen molar-refractivity contribution < 1.29 is 0 Å². The molecule has 0 fully saturated rings. The third kappa shape index (κ3) is 1.96. The smallest absolute Gasteiger partial charge is 0.198 e. The van der Waals surface area contributed by atoms with E-state index < -0.39 is 0 Å². The van der Waals surface area contributed by atoms with Crippen LogP contribution in [0.3, 0.4) is 0 Å². The van der Waals surface area contributed by atoms with Gasteiger partial charge in [0.25, 0.3) is 0 Å². The molecule has 2 aromatic heterocycles. The maximum Gasteiger partial charge on any atom is 0.198 e. The van der Waals surface area contributed by atoms with Gasteiger partial charge in [-0.05, 0) is 16.8 Å². The number of alkyl halides is 1. The molecule has 0 radical (unpaired) electrons. The van der Waals surface area contributed by atoms with Crippen LogP contribution in [0, 0.1) is 0 Å². The summed E-state index contributed by atoms with van der Waals surface area (Å²) in [4.78, 5) is 4.05.